The van der Waals surface area contributed by atoms with Crippen LogP contribution in [0.3, 0.4) is 0 Å². The van der Waals surface area contributed by atoms with Crippen molar-refractivity contribution in [2.75, 3.05) is 6.61 Å². The molecular weight excluding hydrogens is 250 g/mol. The molecule has 2 aromatic carbocycles. The van der Waals surface area contributed by atoms with Crippen molar-refractivity contribution < 1.29 is 9.47 Å². The van der Waals surface area contributed by atoms with Gasteiger partial charge in [0.2, 0.25) is 0 Å². The lowest BCUT2D eigenvalue weighted by molar-refractivity contribution is 0.302. The predicted molar refractivity (Wildman–Crippen MR) is 81.4 cm³/mol. The monoisotopic (exact) mass is 271 g/mol. The smallest absolute Gasteiger partial charge is 0.169 e. The number of ether oxygens (including phenoxy) is 2. The van der Waals surface area contributed by atoms with E-state index in [-0.39, 0.29) is 0 Å². The number of aryl methyl sites for hydroxylation is 1. The standard InChI is InChI=1S/C17H21NO2/c1-3-10-19-16-6-4-5-7-17(16)20-15-9-8-14(12-18)11-13(15)2/h4-9,11H,3,10,12,18H2,1-2H3. The maximum absolute atomic E-state index is 5.97. The van der Waals surface area contributed by atoms with Crippen molar-refractivity contribution in [3.8, 4) is 17.2 Å². The number of hydrogen-bond acceptors (Lipinski definition) is 3. The van der Waals surface area contributed by atoms with Gasteiger partial charge in [0, 0.05) is 6.54 Å². The number of nitrogens with two attached hydrogens (primary N) is 1. The Kier molecular flexibility index (Phi) is 5.02. The van der Waals surface area contributed by atoms with Crippen LogP contribution in [0.2, 0.25) is 0 Å². The molecule has 2 N–H and O–H groups in total. The summed E-state index contributed by atoms with van der Waals surface area (Å²) in [6.45, 7) is 5.33. The highest BCUT2D eigenvalue weighted by molar-refractivity contribution is 5.45. The van der Waals surface area contributed by atoms with Crippen LogP contribution in [-0.2, 0) is 6.54 Å². The molecule has 106 valence electrons. The minimum absolute atomic E-state index is 0.539. The third-order valence-electron chi connectivity index (χ3n) is 3.01. The Morgan fingerprint density at radius 1 is 1.00 bits per heavy atom. The molecule has 0 amide bonds. The van der Waals surface area contributed by atoms with Crippen LogP contribution in [-0.4, -0.2) is 6.61 Å². The number of para-hydroxylation sites is 2. The van der Waals surface area contributed by atoms with Gasteiger partial charge in [-0.15, -0.1) is 0 Å². The van der Waals surface area contributed by atoms with E-state index in [0.29, 0.717) is 13.2 Å². The molecule has 0 saturated heterocycles. The Hall–Kier alpha value is -2.00. The van der Waals surface area contributed by atoms with E-state index in [1.807, 2.05) is 49.4 Å². The molecule has 0 aliphatic heterocycles. The first-order valence-electron chi connectivity index (χ1n) is 6.94. The fourth-order valence-corrected chi connectivity index (χ4v) is 1.94. The van der Waals surface area contributed by atoms with E-state index < -0.39 is 0 Å². The highest BCUT2D eigenvalue weighted by Gasteiger charge is 2.07. The van der Waals surface area contributed by atoms with Gasteiger partial charge in [-0.25, -0.2) is 0 Å². The van der Waals surface area contributed by atoms with Gasteiger partial charge in [-0.05, 0) is 42.7 Å². The second-order valence-corrected chi connectivity index (χ2v) is 4.70. The number of benzene rings is 2. The maximum Gasteiger partial charge on any atom is 0.169 e. The molecule has 0 radical (unpaired) electrons. The minimum atomic E-state index is 0.539. The molecule has 0 aliphatic carbocycles. The third-order valence-corrected chi connectivity index (χ3v) is 3.01. The van der Waals surface area contributed by atoms with E-state index in [2.05, 4.69) is 6.92 Å². The van der Waals surface area contributed by atoms with Crippen LogP contribution in [0, 0.1) is 6.92 Å². The second kappa shape index (κ2) is 6.96. The first-order valence-corrected chi connectivity index (χ1v) is 6.94. The zero-order valence-electron chi connectivity index (χ0n) is 12.1. The van der Waals surface area contributed by atoms with E-state index in [1.165, 1.54) is 0 Å². The summed E-state index contributed by atoms with van der Waals surface area (Å²) in [6, 6.07) is 13.7. The second-order valence-electron chi connectivity index (χ2n) is 4.70. The van der Waals surface area contributed by atoms with Crippen molar-refractivity contribution in [1.29, 1.82) is 0 Å². The van der Waals surface area contributed by atoms with E-state index in [1.54, 1.807) is 0 Å². The molecule has 3 heteroatoms. The fraction of sp³-hybridized carbons (Fsp3) is 0.294. The lowest BCUT2D eigenvalue weighted by Crippen LogP contribution is -1.99. The molecule has 0 spiro atoms. The molecule has 0 aliphatic rings. The van der Waals surface area contributed by atoms with Crippen molar-refractivity contribution in [1.82, 2.24) is 0 Å². The first-order chi connectivity index (χ1) is 9.74. The van der Waals surface area contributed by atoms with Gasteiger partial charge in [-0.3, -0.25) is 0 Å². The SMILES string of the molecule is CCCOc1ccccc1Oc1ccc(CN)cc1C. The molecule has 2 aromatic rings. The minimum Gasteiger partial charge on any atom is -0.490 e. The fourth-order valence-electron chi connectivity index (χ4n) is 1.94. The largest absolute Gasteiger partial charge is 0.490 e. The van der Waals surface area contributed by atoms with Gasteiger partial charge in [-0.2, -0.15) is 0 Å². The van der Waals surface area contributed by atoms with Crippen LogP contribution in [0.1, 0.15) is 24.5 Å². The van der Waals surface area contributed by atoms with Crippen molar-refractivity contribution >= 4 is 0 Å². The zero-order valence-corrected chi connectivity index (χ0v) is 12.1. The zero-order chi connectivity index (χ0) is 14.4. The lowest BCUT2D eigenvalue weighted by Gasteiger charge is -2.14. The molecule has 3 nitrogen and oxygen atoms in total. The Balaban J connectivity index is 2.21. The predicted octanol–water partition coefficient (Wildman–Crippen LogP) is 4.03. The molecule has 20 heavy (non-hydrogen) atoms. The molecule has 0 aromatic heterocycles. The van der Waals surface area contributed by atoms with Crippen LogP contribution in [0.25, 0.3) is 0 Å². The normalized spacial score (nSPS) is 10.3. The van der Waals surface area contributed by atoms with Gasteiger partial charge in [0.15, 0.2) is 11.5 Å². The lowest BCUT2D eigenvalue weighted by atomic mass is 10.1. The molecule has 0 heterocycles. The summed E-state index contributed by atoms with van der Waals surface area (Å²) in [7, 11) is 0. The van der Waals surface area contributed by atoms with E-state index in [0.717, 1.165) is 34.8 Å². The summed E-state index contributed by atoms with van der Waals surface area (Å²) in [5.41, 5.74) is 7.81. The molecule has 0 saturated carbocycles. The molecule has 0 atom stereocenters. The van der Waals surface area contributed by atoms with E-state index >= 15 is 0 Å². The molecule has 0 bridgehead atoms. The van der Waals surface area contributed by atoms with E-state index in [4.69, 9.17) is 15.2 Å². The summed E-state index contributed by atoms with van der Waals surface area (Å²) < 4.78 is 11.7. The Bertz CT molecular complexity index is 567. The average molecular weight is 271 g/mol. The number of rotatable bonds is 6. The summed E-state index contributed by atoms with van der Waals surface area (Å²) in [5, 5.41) is 0. The quantitative estimate of drug-likeness (QED) is 0.862. The molecular formula is C17H21NO2. The average Bonchev–Trinajstić information content (AvgIpc) is 2.48. The maximum atomic E-state index is 5.97. The van der Waals surface area contributed by atoms with Crippen LogP contribution >= 0.6 is 0 Å². The van der Waals surface area contributed by atoms with Gasteiger partial charge in [0.25, 0.3) is 0 Å². The Labute approximate surface area is 120 Å². The van der Waals surface area contributed by atoms with Crippen molar-refractivity contribution in [2.45, 2.75) is 26.8 Å². The van der Waals surface area contributed by atoms with Gasteiger partial charge >= 0.3 is 0 Å². The topological polar surface area (TPSA) is 44.5 Å². The van der Waals surface area contributed by atoms with Crippen LogP contribution in [0.15, 0.2) is 42.5 Å². The first kappa shape index (κ1) is 14.4. The van der Waals surface area contributed by atoms with E-state index in [9.17, 15) is 0 Å². The highest BCUT2D eigenvalue weighted by Crippen LogP contribution is 2.33. The van der Waals surface area contributed by atoms with Crippen LogP contribution < -0.4 is 15.2 Å². The summed E-state index contributed by atoms with van der Waals surface area (Å²) >= 11 is 0. The van der Waals surface area contributed by atoms with Crippen molar-refractivity contribution in [3.05, 3.63) is 53.6 Å². The summed E-state index contributed by atoms with van der Waals surface area (Å²) in [5.74, 6) is 2.34. The van der Waals surface area contributed by atoms with Crippen LogP contribution in [0.4, 0.5) is 0 Å². The molecule has 0 fully saturated rings. The third kappa shape index (κ3) is 3.52. The van der Waals surface area contributed by atoms with Gasteiger partial charge in [-0.1, -0.05) is 31.2 Å². The van der Waals surface area contributed by atoms with Gasteiger partial charge in [0.1, 0.15) is 5.75 Å². The van der Waals surface area contributed by atoms with Gasteiger partial charge < -0.3 is 15.2 Å². The van der Waals surface area contributed by atoms with Crippen LogP contribution in [0.5, 0.6) is 17.2 Å². The van der Waals surface area contributed by atoms with Crippen molar-refractivity contribution in [2.24, 2.45) is 5.73 Å². The summed E-state index contributed by atoms with van der Waals surface area (Å²) in [4.78, 5) is 0. The van der Waals surface area contributed by atoms with Crippen molar-refractivity contribution in [3.63, 3.8) is 0 Å². The van der Waals surface area contributed by atoms with Gasteiger partial charge in [0.05, 0.1) is 6.61 Å². The molecule has 2 rings (SSSR count). The Morgan fingerprint density at radius 2 is 1.75 bits per heavy atom. The molecule has 0 unspecified atom stereocenters. The number of hydrogen-bond donors (Lipinski definition) is 1. The highest BCUT2D eigenvalue weighted by atomic mass is 16.5. The Morgan fingerprint density at radius 3 is 2.40 bits per heavy atom. The summed E-state index contributed by atoms with van der Waals surface area (Å²) in [6.07, 6.45) is 0.971.